The summed E-state index contributed by atoms with van der Waals surface area (Å²) in [6, 6.07) is 19.7. The van der Waals surface area contributed by atoms with Gasteiger partial charge in [-0.2, -0.15) is 0 Å². The summed E-state index contributed by atoms with van der Waals surface area (Å²) in [5, 5.41) is 14.0. The van der Waals surface area contributed by atoms with Crippen LogP contribution in [-0.4, -0.2) is 83.3 Å². The van der Waals surface area contributed by atoms with E-state index in [1.165, 1.54) is 7.11 Å². The van der Waals surface area contributed by atoms with Gasteiger partial charge in [0.25, 0.3) is 11.5 Å². The van der Waals surface area contributed by atoms with E-state index in [1.54, 1.807) is 0 Å². The maximum absolute atomic E-state index is 13.2. The monoisotopic (exact) mass is 665 g/mol. The minimum absolute atomic E-state index is 0.0272. The van der Waals surface area contributed by atoms with Crippen LogP contribution in [0.3, 0.4) is 0 Å². The van der Waals surface area contributed by atoms with Crippen molar-refractivity contribution in [2.45, 2.75) is 82.6 Å². The first kappa shape index (κ1) is 35.2. The molecule has 0 spiro atoms. The van der Waals surface area contributed by atoms with Gasteiger partial charge in [0.2, 0.25) is 0 Å². The molecular formula is C35H43N3O10. The smallest absolute Gasteiger partial charge is 0.326 e. The number of carbonyl (C=O) groups excluding carboxylic acids is 2. The third-order valence-corrected chi connectivity index (χ3v) is 9.06. The number of amides is 1. The number of hydrogen-bond donors (Lipinski definition) is 4. The SMILES string of the molecule is COC(=O)C1CC(NC(=O)c2cc(=O)[nH]c(=O)[nH]2)[C@@H](OC[C@@H]2OC(C)[C@@H](C)[C@H](OCc3ccccc3)C2OCc2ccccc2)[C@H](O)C1. The highest BCUT2D eigenvalue weighted by atomic mass is 16.6. The van der Waals surface area contributed by atoms with Gasteiger partial charge < -0.3 is 39.1 Å². The Morgan fingerprint density at radius 3 is 2.10 bits per heavy atom. The number of aliphatic hydroxyl groups excluding tert-OH is 1. The van der Waals surface area contributed by atoms with Gasteiger partial charge in [0, 0.05) is 12.0 Å². The fourth-order valence-electron chi connectivity index (χ4n) is 6.37. The van der Waals surface area contributed by atoms with Gasteiger partial charge in [0.15, 0.2) is 0 Å². The fraction of sp³-hybridized carbons (Fsp3) is 0.486. The molecule has 2 aliphatic rings. The molecule has 48 heavy (non-hydrogen) atoms. The van der Waals surface area contributed by atoms with E-state index in [2.05, 4.69) is 17.2 Å². The van der Waals surface area contributed by atoms with Crippen LogP contribution in [0, 0.1) is 11.8 Å². The summed E-state index contributed by atoms with van der Waals surface area (Å²) in [6.45, 7) is 4.67. The summed E-state index contributed by atoms with van der Waals surface area (Å²) in [5.41, 5.74) is 0.117. The van der Waals surface area contributed by atoms with Crippen LogP contribution in [0.5, 0.6) is 0 Å². The molecule has 1 aromatic heterocycles. The molecule has 2 fully saturated rings. The lowest BCUT2D eigenvalue weighted by Crippen LogP contribution is -2.59. The molecule has 13 heteroatoms. The van der Waals surface area contributed by atoms with E-state index in [0.717, 1.165) is 17.2 Å². The summed E-state index contributed by atoms with van der Waals surface area (Å²) in [7, 11) is 1.25. The molecule has 1 saturated carbocycles. The third-order valence-electron chi connectivity index (χ3n) is 9.06. The van der Waals surface area contributed by atoms with Gasteiger partial charge in [-0.05, 0) is 30.9 Å². The standard InChI is InChI=1S/C35H43N3O10/c1-20-21(2)48-28(32(46-18-23-12-8-5-9-13-23)30(20)45-17-22-10-6-4-7-11-22)19-47-31-25(14-24(15-27(31)39)34(42)44-3)36-33(41)26-16-29(40)38-35(43)37-26/h4-13,16,20-21,24-25,27-28,30-32,39H,14-15,17-19H2,1-3H3,(H,36,41)(H2,37,38,40,43)/t20-,21?,24?,25?,27-,28+,30+,31-,32?/m1/s1. The number of hydrogen-bond acceptors (Lipinski definition) is 10. The quantitative estimate of drug-likeness (QED) is 0.210. The van der Waals surface area contributed by atoms with Crippen molar-refractivity contribution < 1.29 is 38.4 Å². The lowest BCUT2D eigenvalue weighted by molar-refractivity contribution is -0.244. The van der Waals surface area contributed by atoms with E-state index in [-0.39, 0.29) is 43.3 Å². The Balaban J connectivity index is 1.36. The van der Waals surface area contributed by atoms with Crippen LogP contribution in [0.1, 0.15) is 48.3 Å². The Labute approximate surface area is 277 Å². The number of esters is 1. The highest BCUT2D eigenvalue weighted by Crippen LogP contribution is 2.34. The van der Waals surface area contributed by atoms with E-state index in [1.807, 2.05) is 72.6 Å². The fourth-order valence-corrected chi connectivity index (χ4v) is 6.37. The van der Waals surface area contributed by atoms with Gasteiger partial charge in [-0.15, -0.1) is 0 Å². The number of rotatable bonds is 12. The van der Waals surface area contributed by atoms with Crippen molar-refractivity contribution in [3.05, 3.63) is 104 Å². The summed E-state index contributed by atoms with van der Waals surface area (Å²) in [5.74, 6) is -2.07. The predicted molar refractivity (Wildman–Crippen MR) is 173 cm³/mol. The first-order valence-electron chi connectivity index (χ1n) is 16.1. The summed E-state index contributed by atoms with van der Waals surface area (Å²) in [6.07, 6.45) is -3.77. The van der Waals surface area contributed by atoms with Gasteiger partial charge in [-0.25, -0.2) is 4.79 Å². The number of aromatic amines is 2. The van der Waals surface area contributed by atoms with E-state index < -0.39 is 59.5 Å². The van der Waals surface area contributed by atoms with Crippen molar-refractivity contribution in [3.8, 4) is 0 Å². The molecule has 258 valence electrons. The average molecular weight is 666 g/mol. The third kappa shape index (κ3) is 8.85. The van der Waals surface area contributed by atoms with Crippen molar-refractivity contribution in [3.63, 3.8) is 0 Å². The molecule has 2 heterocycles. The lowest BCUT2D eigenvalue weighted by atomic mass is 9.81. The second-order valence-corrected chi connectivity index (χ2v) is 12.4. The van der Waals surface area contributed by atoms with Gasteiger partial charge >= 0.3 is 11.7 Å². The Kier molecular flexibility index (Phi) is 12.0. The topological polar surface area (TPSA) is 178 Å². The number of ether oxygens (including phenoxy) is 5. The van der Waals surface area contributed by atoms with Gasteiger partial charge in [-0.1, -0.05) is 67.6 Å². The number of carbonyl (C=O) groups is 2. The van der Waals surface area contributed by atoms with Crippen LogP contribution >= 0.6 is 0 Å². The normalized spacial score (nSPS) is 28.8. The molecule has 13 nitrogen and oxygen atoms in total. The largest absolute Gasteiger partial charge is 0.469 e. The zero-order chi connectivity index (χ0) is 34.2. The Morgan fingerprint density at radius 1 is 0.875 bits per heavy atom. The molecule has 1 aliphatic carbocycles. The second-order valence-electron chi connectivity index (χ2n) is 12.4. The van der Waals surface area contributed by atoms with Crippen LogP contribution in [0.25, 0.3) is 0 Å². The van der Waals surface area contributed by atoms with Crippen LogP contribution < -0.4 is 16.6 Å². The Hall–Kier alpha value is -4.14. The second kappa shape index (κ2) is 16.3. The minimum Gasteiger partial charge on any atom is -0.469 e. The van der Waals surface area contributed by atoms with E-state index >= 15 is 0 Å². The molecule has 1 amide bonds. The first-order valence-corrected chi connectivity index (χ1v) is 16.1. The molecule has 4 unspecified atom stereocenters. The highest BCUT2D eigenvalue weighted by Gasteiger charge is 2.46. The zero-order valence-electron chi connectivity index (χ0n) is 27.2. The van der Waals surface area contributed by atoms with Gasteiger partial charge in [0.05, 0.1) is 57.2 Å². The van der Waals surface area contributed by atoms with Crippen molar-refractivity contribution in [1.29, 1.82) is 0 Å². The van der Waals surface area contributed by atoms with Crippen LogP contribution in [0.4, 0.5) is 0 Å². The predicted octanol–water partition coefficient (Wildman–Crippen LogP) is 2.08. The Bertz CT molecular complexity index is 1590. The molecule has 0 radical (unpaired) electrons. The molecule has 5 rings (SSSR count). The minimum atomic E-state index is -1.17. The molecule has 1 aliphatic heterocycles. The van der Waals surface area contributed by atoms with E-state index in [9.17, 15) is 24.3 Å². The maximum atomic E-state index is 13.2. The van der Waals surface area contributed by atoms with E-state index in [0.29, 0.717) is 13.2 Å². The first-order chi connectivity index (χ1) is 23.1. The lowest BCUT2D eigenvalue weighted by Gasteiger charge is -2.45. The average Bonchev–Trinajstić information content (AvgIpc) is 3.08. The molecule has 0 bridgehead atoms. The Morgan fingerprint density at radius 2 is 1.50 bits per heavy atom. The van der Waals surface area contributed by atoms with Crippen LogP contribution in [0.15, 0.2) is 76.3 Å². The summed E-state index contributed by atoms with van der Waals surface area (Å²) < 4.78 is 30.7. The number of methoxy groups -OCH3 is 1. The highest BCUT2D eigenvalue weighted by molar-refractivity contribution is 5.92. The van der Waals surface area contributed by atoms with Crippen molar-refractivity contribution in [2.24, 2.45) is 11.8 Å². The summed E-state index contributed by atoms with van der Waals surface area (Å²) >= 11 is 0. The van der Waals surface area contributed by atoms with Crippen LogP contribution in [0.2, 0.25) is 0 Å². The zero-order valence-corrected chi connectivity index (χ0v) is 27.2. The van der Waals surface area contributed by atoms with Crippen molar-refractivity contribution in [1.82, 2.24) is 15.3 Å². The molecular weight excluding hydrogens is 622 g/mol. The number of H-pyrrole nitrogens is 2. The van der Waals surface area contributed by atoms with Crippen molar-refractivity contribution >= 4 is 11.9 Å². The molecule has 3 aromatic rings. The van der Waals surface area contributed by atoms with Crippen molar-refractivity contribution in [2.75, 3.05) is 13.7 Å². The number of nitrogens with one attached hydrogen (secondary N) is 3. The van der Waals surface area contributed by atoms with E-state index in [4.69, 9.17) is 23.7 Å². The number of benzene rings is 2. The molecule has 4 N–H and O–H groups in total. The molecule has 1 saturated heterocycles. The number of aromatic nitrogens is 2. The van der Waals surface area contributed by atoms with Gasteiger partial charge in [0.1, 0.15) is 24.0 Å². The maximum Gasteiger partial charge on any atom is 0.326 e. The van der Waals surface area contributed by atoms with Gasteiger partial charge in [-0.3, -0.25) is 19.4 Å². The van der Waals surface area contributed by atoms with Crippen LogP contribution in [-0.2, 0) is 41.7 Å². The molecule has 2 aromatic carbocycles. The molecule has 9 atom stereocenters. The summed E-state index contributed by atoms with van der Waals surface area (Å²) in [4.78, 5) is 53.6. The number of aliphatic hydroxyl groups is 1.